The van der Waals surface area contributed by atoms with Crippen LogP contribution in [-0.4, -0.2) is 17.5 Å². The topological polar surface area (TPSA) is 74.6 Å². The first-order valence-electron chi connectivity index (χ1n) is 4.26. The molecule has 4 nitrogen and oxygen atoms in total. The van der Waals surface area contributed by atoms with E-state index < -0.39 is 10.4 Å². The Morgan fingerprint density at radius 1 is 1.21 bits per heavy atom. The second-order valence-corrected chi connectivity index (χ2v) is 4.09. The molecular weight excluding hydrogens is 215 g/mol. The van der Waals surface area contributed by atoms with Crippen molar-refractivity contribution in [3.8, 4) is 0 Å². The molecule has 0 fully saturated rings. The van der Waals surface area contributed by atoms with Crippen LogP contribution in [0.1, 0.15) is 39.5 Å². The van der Waals surface area contributed by atoms with E-state index in [-0.39, 0.29) is 29.6 Å². The molecular formula is C8H19NaO4S. The molecule has 0 aromatic carbocycles. The maximum Gasteiger partial charge on any atom is 1.00 e. The van der Waals surface area contributed by atoms with Crippen molar-refractivity contribution >= 4 is 10.4 Å². The minimum atomic E-state index is -4.67. The Bertz CT molecular complexity index is 182. The Labute approximate surface area is 109 Å². The summed E-state index contributed by atoms with van der Waals surface area (Å²) in [6.07, 6.45) is 5.14. The minimum absolute atomic E-state index is 0. The molecule has 0 saturated heterocycles. The van der Waals surface area contributed by atoms with Gasteiger partial charge >= 0.3 is 40.0 Å². The van der Waals surface area contributed by atoms with Gasteiger partial charge in [-0.2, -0.15) is 14.8 Å². The summed E-state index contributed by atoms with van der Waals surface area (Å²) in [4.78, 5) is 0. The van der Waals surface area contributed by atoms with E-state index >= 15 is 0 Å². The molecule has 6 heteroatoms. The molecule has 0 bridgehead atoms. The Hall–Kier alpha value is 0.870. The van der Waals surface area contributed by atoms with Gasteiger partial charge in [0, 0.05) is 0 Å². The van der Waals surface area contributed by atoms with Crippen molar-refractivity contribution in [3.63, 3.8) is 0 Å². The summed E-state index contributed by atoms with van der Waals surface area (Å²) >= 11 is 0. The maximum atomic E-state index is 8.74. The van der Waals surface area contributed by atoms with Crippen LogP contribution in [0.2, 0.25) is 0 Å². The summed E-state index contributed by atoms with van der Waals surface area (Å²) < 4.78 is 31.6. The quantitative estimate of drug-likeness (QED) is 0.294. The second-order valence-electron chi connectivity index (χ2n) is 3.19. The first-order valence-corrected chi connectivity index (χ1v) is 5.66. The van der Waals surface area contributed by atoms with E-state index in [0.717, 1.165) is 12.3 Å². The number of hydrogen-bond acceptors (Lipinski definition) is 2. The second kappa shape index (κ2) is 11.9. The van der Waals surface area contributed by atoms with Gasteiger partial charge in [-0.15, -0.1) is 0 Å². The van der Waals surface area contributed by atoms with Gasteiger partial charge in [-0.25, -0.2) is 0 Å². The molecule has 0 radical (unpaired) electrons. The minimum Gasteiger partial charge on any atom is -0.343 e. The van der Waals surface area contributed by atoms with Crippen LogP contribution in [-0.2, 0) is 10.4 Å². The SMILES string of the molecule is O=S(=O)(O)O.[CH2-]CCCCC(C)C.[Na+]. The fourth-order valence-electron chi connectivity index (χ4n) is 0.729. The third-order valence-corrected chi connectivity index (χ3v) is 1.28. The standard InChI is InChI=1S/C8H17.Na.H2O4S/c1-4-5-6-7-8(2)3;;1-5(2,3)4/h8H,1,4-7H2,2-3H3;;(H2,1,2,3,4)/q-1;+1;. The van der Waals surface area contributed by atoms with Crippen molar-refractivity contribution in [3.05, 3.63) is 6.92 Å². The molecule has 0 spiro atoms. The van der Waals surface area contributed by atoms with E-state index in [1.54, 1.807) is 0 Å². The van der Waals surface area contributed by atoms with E-state index in [2.05, 4.69) is 20.8 Å². The smallest absolute Gasteiger partial charge is 0.343 e. The summed E-state index contributed by atoms with van der Waals surface area (Å²) in [6, 6.07) is 0. The van der Waals surface area contributed by atoms with Gasteiger partial charge in [-0.05, 0) is 5.92 Å². The molecule has 0 heterocycles. The van der Waals surface area contributed by atoms with E-state index in [9.17, 15) is 0 Å². The fourth-order valence-corrected chi connectivity index (χ4v) is 0.729. The predicted octanol–water partition coefficient (Wildman–Crippen LogP) is -0.612. The van der Waals surface area contributed by atoms with Gasteiger partial charge in [0.1, 0.15) is 0 Å². The normalized spacial score (nSPS) is 10.1. The van der Waals surface area contributed by atoms with Crippen LogP contribution in [0, 0.1) is 12.8 Å². The molecule has 0 saturated carbocycles. The molecule has 0 aliphatic heterocycles. The third-order valence-electron chi connectivity index (χ3n) is 1.28. The van der Waals surface area contributed by atoms with Crippen LogP contribution in [0.5, 0.6) is 0 Å². The molecule has 2 N–H and O–H groups in total. The van der Waals surface area contributed by atoms with Gasteiger partial charge in [0.05, 0.1) is 0 Å². The molecule has 0 amide bonds. The van der Waals surface area contributed by atoms with Crippen LogP contribution in [0.3, 0.4) is 0 Å². The molecule has 82 valence electrons. The predicted molar refractivity (Wildman–Crippen MR) is 52.8 cm³/mol. The Morgan fingerprint density at radius 3 is 1.79 bits per heavy atom. The summed E-state index contributed by atoms with van der Waals surface area (Å²) in [5.41, 5.74) is 0. The van der Waals surface area contributed by atoms with Crippen LogP contribution >= 0.6 is 0 Å². The zero-order valence-corrected chi connectivity index (χ0v) is 12.0. The third kappa shape index (κ3) is 52.6. The van der Waals surface area contributed by atoms with Crippen LogP contribution in [0.15, 0.2) is 0 Å². The monoisotopic (exact) mass is 234 g/mol. The Kier molecular flexibility index (Phi) is 17.3. The van der Waals surface area contributed by atoms with Gasteiger partial charge in [-0.3, -0.25) is 9.11 Å². The molecule has 0 unspecified atom stereocenters. The van der Waals surface area contributed by atoms with Gasteiger partial charge in [0.2, 0.25) is 0 Å². The molecule has 14 heavy (non-hydrogen) atoms. The molecule has 0 rings (SSSR count). The fraction of sp³-hybridized carbons (Fsp3) is 0.875. The number of rotatable bonds is 4. The van der Waals surface area contributed by atoms with Crippen LogP contribution in [0.4, 0.5) is 0 Å². The summed E-state index contributed by atoms with van der Waals surface area (Å²) in [7, 11) is -4.67. The van der Waals surface area contributed by atoms with Crippen molar-refractivity contribution < 1.29 is 47.1 Å². The first-order chi connectivity index (χ1) is 5.77. The molecule has 0 aliphatic rings. The molecule has 0 aliphatic carbocycles. The first kappa shape index (κ1) is 20.3. The van der Waals surface area contributed by atoms with Crippen molar-refractivity contribution in [2.75, 3.05) is 0 Å². The van der Waals surface area contributed by atoms with E-state index in [0.29, 0.717) is 0 Å². The van der Waals surface area contributed by atoms with E-state index in [1.807, 2.05) is 0 Å². The average molecular weight is 234 g/mol. The van der Waals surface area contributed by atoms with Crippen LogP contribution in [0.25, 0.3) is 0 Å². The van der Waals surface area contributed by atoms with Crippen LogP contribution < -0.4 is 29.6 Å². The number of unbranched alkanes of at least 4 members (excludes halogenated alkanes) is 2. The van der Waals surface area contributed by atoms with Crippen molar-refractivity contribution in [2.45, 2.75) is 39.5 Å². The Balaban J connectivity index is -0.000000177. The zero-order chi connectivity index (χ0) is 10.9. The van der Waals surface area contributed by atoms with Gasteiger partial charge in [-0.1, -0.05) is 33.1 Å². The van der Waals surface area contributed by atoms with Crippen molar-refractivity contribution in [1.82, 2.24) is 0 Å². The van der Waals surface area contributed by atoms with E-state index in [4.69, 9.17) is 17.5 Å². The average Bonchev–Trinajstić information content (AvgIpc) is 1.83. The largest absolute Gasteiger partial charge is 1.00 e. The van der Waals surface area contributed by atoms with Gasteiger partial charge < -0.3 is 6.92 Å². The van der Waals surface area contributed by atoms with Gasteiger partial charge in [0.25, 0.3) is 0 Å². The Morgan fingerprint density at radius 2 is 1.57 bits per heavy atom. The maximum absolute atomic E-state index is 8.74. The molecule has 0 aromatic heterocycles. The molecule has 0 aromatic rings. The van der Waals surface area contributed by atoms with Crippen molar-refractivity contribution in [2.24, 2.45) is 5.92 Å². The molecule has 0 atom stereocenters. The van der Waals surface area contributed by atoms with Crippen molar-refractivity contribution in [1.29, 1.82) is 0 Å². The van der Waals surface area contributed by atoms with Gasteiger partial charge in [0.15, 0.2) is 0 Å². The summed E-state index contributed by atoms with van der Waals surface area (Å²) in [5.74, 6) is 0.876. The van der Waals surface area contributed by atoms with E-state index in [1.165, 1.54) is 19.3 Å². The zero-order valence-electron chi connectivity index (χ0n) is 9.23. The summed E-state index contributed by atoms with van der Waals surface area (Å²) in [5, 5.41) is 0. The summed E-state index contributed by atoms with van der Waals surface area (Å²) in [6.45, 7) is 8.32. The number of hydrogen-bond donors (Lipinski definition) is 2.